The molecule has 6 nitrogen and oxygen atoms in total. The molecular weight excluding hydrogens is 925 g/mol. The van der Waals surface area contributed by atoms with Crippen LogP contribution < -0.4 is 0 Å². The molecule has 0 fully saturated rings. The van der Waals surface area contributed by atoms with Gasteiger partial charge in [0.25, 0.3) is 0 Å². The summed E-state index contributed by atoms with van der Waals surface area (Å²) in [5.74, 6) is -0.910. The highest BCUT2D eigenvalue weighted by Crippen LogP contribution is 2.15. The second-order valence-electron chi connectivity index (χ2n) is 21.0. The number of hydrogen-bond acceptors (Lipinski definition) is 6. The Bertz CT molecular complexity index is 1480. The fourth-order valence-corrected chi connectivity index (χ4v) is 8.72. The third kappa shape index (κ3) is 61.1. The average molecular weight is 1040 g/mol. The molecule has 0 aromatic heterocycles. The van der Waals surface area contributed by atoms with E-state index in [1.54, 1.807) is 0 Å². The summed E-state index contributed by atoms with van der Waals surface area (Å²) in [6, 6.07) is 0. The first kappa shape index (κ1) is 71.3. The van der Waals surface area contributed by atoms with Gasteiger partial charge in [0.1, 0.15) is 13.2 Å². The van der Waals surface area contributed by atoms with Crippen molar-refractivity contribution in [1.29, 1.82) is 0 Å². The quantitative estimate of drug-likeness (QED) is 0.0261. The summed E-state index contributed by atoms with van der Waals surface area (Å²) >= 11 is 0. The van der Waals surface area contributed by atoms with Gasteiger partial charge in [0.05, 0.1) is 0 Å². The molecule has 1 atom stereocenters. The third-order valence-electron chi connectivity index (χ3n) is 13.5. The predicted octanol–water partition coefficient (Wildman–Crippen LogP) is 21.7. The molecule has 0 saturated carbocycles. The lowest BCUT2D eigenvalue weighted by Gasteiger charge is -2.18. The standard InChI is InChI=1S/C69H118O6/c1-4-7-10-13-16-19-22-25-28-31-34-37-40-43-46-49-52-55-58-61-67(70)73-64-66(75-69(72)63-60-57-54-51-48-45-42-39-36-33-30-27-24-21-18-15-12-9-6-3)65-74-68(71)62-59-56-53-50-47-44-41-38-35-32-29-26-23-20-17-14-11-8-5-2/h16-21,25-30,34,36-37,39,66H,4-15,22-24,31-33,35,38,40-65H2,1-3H3/b19-16-,20-17-,21-18-,28-25-,29-26-,30-27-,37-34-,39-36-. The van der Waals surface area contributed by atoms with Gasteiger partial charge in [0.15, 0.2) is 6.10 Å². The Kier molecular flexibility index (Phi) is 59.8. The molecule has 0 heterocycles. The topological polar surface area (TPSA) is 78.9 Å². The molecule has 0 aliphatic heterocycles. The van der Waals surface area contributed by atoms with Crippen LogP contribution in [0.2, 0.25) is 0 Å². The fraction of sp³-hybridized carbons (Fsp3) is 0.725. The van der Waals surface area contributed by atoms with Crippen molar-refractivity contribution in [1.82, 2.24) is 0 Å². The number of unbranched alkanes of at least 4 members (excludes halogenated alkanes) is 30. The lowest BCUT2D eigenvalue weighted by atomic mass is 10.1. The summed E-state index contributed by atoms with van der Waals surface area (Å²) in [6.45, 7) is 6.56. The molecule has 0 aromatic rings. The smallest absolute Gasteiger partial charge is 0.306 e. The number of ether oxygens (including phenoxy) is 3. The summed E-state index contributed by atoms with van der Waals surface area (Å²) in [6.07, 6.45) is 83.9. The molecule has 0 spiro atoms. The summed E-state index contributed by atoms with van der Waals surface area (Å²) in [4.78, 5) is 38.3. The highest BCUT2D eigenvalue weighted by molar-refractivity contribution is 5.71. The van der Waals surface area contributed by atoms with E-state index in [1.807, 2.05) is 0 Å². The van der Waals surface area contributed by atoms with E-state index in [0.717, 1.165) is 109 Å². The van der Waals surface area contributed by atoms with Gasteiger partial charge in [0.2, 0.25) is 0 Å². The second kappa shape index (κ2) is 62.9. The number of carbonyl (C=O) groups excluding carboxylic acids is 3. The molecule has 0 N–H and O–H groups in total. The zero-order valence-corrected chi connectivity index (χ0v) is 49.3. The molecule has 0 amide bonds. The maximum Gasteiger partial charge on any atom is 0.306 e. The number of allylic oxidation sites excluding steroid dienone is 16. The van der Waals surface area contributed by atoms with Crippen LogP contribution in [0.4, 0.5) is 0 Å². The Labute approximate surface area is 464 Å². The maximum absolute atomic E-state index is 12.9. The molecular formula is C69H118O6. The highest BCUT2D eigenvalue weighted by atomic mass is 16.6. The van der Waals surface area contributed by atoms with Crippen LogP contribution in [0.15, 0.2) is 97.2 Å². The van der Waals surface area contributed by atoms with Crippen molar-refractivity contribution in [2.24, 2.45) is 0 Å². The van der Waals surface area contributed by atoms with Crippen LogP contribution in [-0.4, -0.2) is 37.2 Å². The van der Waals surface area contributed by atoms with Crippen LogP contribution in [0, 0.1) is 0 Å². The first-order valence-corrected chi connectivity index (χ1v) is 31.7. The Balaban J connectivity index is 4.45. The summed E-state index contributed by atoms with van der Waals surface area (Å²) in [5.41, 5.74) is 0. The Morgan fingerprint density at radius 1 is 0.267 bits per heavy atom. The number of rotatable bonds is 57. The summed E-state index contributed by atoms with van der Waals surface area (Å²) in [5, 5.41) is 0. The van der Waals surface area contributed by atoms with Gasteiger partial charge < -0.3 is 14.2 Å². The molecule has 0 aliphatic carbocycles. The van der Waals surface area contributed by atoms with E-state index in [2.05, 4.69) is 118 Å². The van der Waals surface area contributed by atoms with Crippen molar-refractivity contribution in [2.75, 3.05) is 13.2 Å². The van der Waals surface area contributed by atoms with E-state index >= 15 is 0 Å². The Hall–Kier alpha value is -3.67. The zero-order chi connectivity index (χ0) is 54.3. The molecule has 0 aliphatic rings. The molecule has 0 rings (SSSR count). The van der Waals surface area contributed by atoms with E-state index in [1.165, 1.54) is 154 Å². The first-order valence-electron chi connectivity index (χ1n) is 31.7. The van der Waals surface area contributed by atoms with Crippen molar-refractivity contribution in [3.63, 3.8) is 0 Å². The van der Waals surface area contributed by atoms with Crippen molar-refractivity contribution >= 4 is 17.9 Å². The van der Waals surface area contributed by atoms with Gasteiger partial charge in [-0.1, -0.05) is 253 Å². The molecule has 430 valence electrons. The van der Waals surface area contributed by atoms with E-state index in [4.69, 9.17) is 14.2 Å². The van der Waals surface area contributed by atoms with Crippen LogP contribution in [0.1, 0.15) is 303 Å². The van der Waals surface area contributed by atoms with E-state index in [-0.39, 0.29) is 31.1 Å². The van der Waals surface area contributed by atoms with Gasteiger partial charge in [-0.15, -0.1) is 0 Å². The van der Waals surface area contributed by atoms with Gasteiger partial charge >= 0.3 is 17.9 Å². The lowest BCUT2D eigenvalue weighted by Crippen LogP contribution is -2.30. The SMILES string of the molecule is CCCCC/C=C\C/C=C\C/C=C\CCCCCCCCC(=O)OCC(COC(=O)CCCCCCCCCCC/C=C\C/C=C\CCCCC)OC(=O)CCCCCCCC/C=C\C/C=C\C/C=C\CCCCC. The van der Waals surface area contributed by atoms with Crippen molar-refractivity contribution in [2.45, 2.75) is 309 Å². The number of carbonyl (C=O) groups is 3. The van der Waals surface area contributed by atoms with Crippen LogP contribution in [-0.2, 0) is 28.6 Å². The Morgan fingerprint density at radius 3 is 0.747 bits per heavy atom. The van der Waals surface area contributed by atoms with Crippen molar-refractivity contribution in [3.05, 3.63) is 97.2 Å². The van der Waals surface area contributed by atoms with Gasteiger partial charge in [-0.2, -0.15) is 0 Å². The van der Waals surface area contributed by atoms with Gasteiger partial charge in [0, 0.05) is 19.3 Å². The van der Waals surface area contributed by atoms with Gasteiger partial charge in [-0.05, 0) is 128 Å². The maximum atomic E-state index is 12.9. The minimum absolute atomic E-state index is 0.0895. The number of esters is 3. The third-order valence-corrected chi connectivity index (χ3v) is 13.5. The van der Waals surface area contributed by atoms with Crippen molar-refractivity contribution in [3.8, 4) is 0 Å². The molecule has 0 aromatic carbocycles. The molecule has 0 radical (unpaired) electrons. The van der Waals surface area contributed by atoms with Crippen LogP contribution in [0.5, 0.6) is 0 Å². The van der Waals surface area contributed by atoms with Crippen LogP contribution in [0.3, 0.4) is 0 Å². The van der Waals surface area contributed by atoms with Crippen LogP contribution >= 0.6 is 0 Å². The first-order chi connectivity index (χ1) is 37.0. The van der Waals surface area contributed by atoms with Gasteiger partial charge in [-0.25, -0.2) is 0 Å². The van der Waals surface area contributed by atoms with Crippen LogP contribution in [0.25, 0.3) is 0 Å². The minimum atomic E-state index is -0.795. The number of hydrogen-bond donors (Lipinski definition) is 0. The van der Waals surface area contributed by atoms with E-state index < -0.39 is 6.10 Å². The van der Waals surface area contributed by atoms with E-state index in [0.29, 0.717) is 19.3 Å². The molecule has 0 bridgehead atoms. The average Bonchev–Trinajstić information content (AvgIpc) is 3.41. The second-order valence-corrected chi connectivity index (χ2v) is 21.0. The normalized spacial score (nSPS) is 12.7. The highest BCUT2D eigenvalue weighted by Gasteiger charge is 2.19. The summed E-state index contributed by atoms with van der Waals surface area (Å²) in [7, 11) is 0. The van der Waals surface area contributed by atoms with Gasteiger partial charge in [-0.3, -0.25) is 14.4 Å². The molecule has 1 unspecified atom stereocenters. The Morgan fingerprint density at radius 2 is 0.480 bits per heavy atom. The molecule has 0 saturated heterocycles. The predicted molar refractivity (Wildman–Crippen MR) is 325 cm³/mol. The van der Waals surface area contributed by atoms with E-state index in [9.17, 15) is 14.4 Å². The molecule has 75 heavy (non-hydrogen) atoms. The molecule has 6 heteroatoms. The monoisotopic (exact) mass is 1040 g/mol. The lowest BCUT2D eigenvalue weighted by molar-refractivity contribution is -0.167. The largest absolute Gasteiger partial charge is 0.462 e. The minimum Gasteiger partial charge on any atom is -0.462 e. The summed E-state index contributed by atoms with van der Waals surface area (Å²) < 4.78 is 16.9. The van der Waals surface area contributed by atoms with Crippen molar-refractivity contribution < 1.29 is 28.6 Å². The zero-order valence-electron chi connectivity index (χ0n) is 49.3. The fourth-order valence-electron chi connectivity index (χ4n) is 8.72.